The first-order chi connectivity index (χ1) is 12.7. The van der Waals surface area contributed by atoms with Crippen molar-refractivity contribution in [1.82, 2.24) is 20.1 Å². The molecule has 1 amide bonds. The summed E-state index contributed by atoms with van der Waals surface area (Å²) < 4.78 is 1.77. The smallest absolute Gasteiger partial charge is 0.268 e. The molecule has 0 aliphatic rings. The van der Waals surface area contributed by atoms with Gasteiger partial charge in [-0.1, -0.05) is 30.3 Å². The molecule has 2 N–H and O–H groups in total. The zero-order valence-electron chi connectivity index (χ0n) is 13.8. The predicted octanol–water partition coefficient (Wildman–Crippen LogP) is 2.64. The molecule has 4 aromatic rings. The molecule has 2 aromatic heterocycles. The molecule has 0 aliphatic heterocycles. The number of hydrogen-bond acceptors (Lipinski definition) is 3. The molecular weight excluding hydrogens is 328 g/mol. The lowest BCUT2D eigenvalue weighted by Crippen LogP contribution is -2.26. The van der Waals surface area contributed by atoms with Gasteiger partial charge >= 0.3 is 0 Å². The van der Waals surface area contributed by atoms with Crippen LogP contribution in [0.4, 0.5) is 0 Å². The summed E-state index contributed by atoms with van der Waals surface area (Å²) in [6, 6.07) is 18.5. The predicted molar refractivity (Wildman–Crippen MR) is 99.3 cm³/mol. The van der Waals surface area contributed by atoms with E-state index in [0.717, 1.165) is 16.6 Å². The molecule has 2 aromatic carbocycles. The van der Waals surface area contributed by atoms with E-state index in [0.29, 0.717) is 11.9 Å². The fraction of sp³-hybridized carbons (Fsp3) is 0.0500. The van der Waals surface area contributed by atoms with Gasteiger partial charge in [-0.25, -0.2) is 4.68 Å². The molecule has 0 fully saturated rings. The second-order valence-corrected chi connectivity index (χ2v) is 5.90. The molecule has 0 aliphatic carbocycles. The Hall–Kier alpha value is -3.67. The summed E-state index contributed by atoms with van der Waals surface area (Å²) in [5.74, 6) is -0.316. The van der Waals surface area contributed by atoms with Crippen LogP contribution in [0, 0.1) is 0 Å². The molecule has 128 valence electrons. The van der Waals surface area contributed by atoms with Gasteiger partial charge < -0.3 is 10.3 Å². The van der Waals surface area contributed by atoms with Gasteiger partial charge in [0.05, 0.1) is 5.69 Å². The van der Waals surface area contributed by atoms with Crippen LogP contribution in [-0.4, -0.2) is 20.7 Å². The standard InChI is InChI=1S/C20H16N4O2/c25-19-17-5-2-1-4-15(17)12-18(23-19)20(26)21-13-14-6-8-16(9-7-14)24-11-3-10-22-24/h1-12H,13H2,(H,21,26)(H,23,25). The third-order valence-corrected chi connectivity index (χ3v) is 4.16. The summed E-state index contributed by atoms with van der Waals surface area (Å²) in [6.45, 7) is 0.368. The van der Waals surface area contributed by atoms with E-state index in [9.17, 15) is 9.59 Å². The molecule has 0 atom stereocenters. The average molecular weight is 344 g/mol. The Labute approximate surface area is 149 Å². The molecule has 26 heavy (non-hydrogen) atoms. The van der Waals surface area contributed by atoms with Crippen LogP contribution < -0.4 is 10.9 Å². The Kier molecular flexibility index (Phi) is 4.07. The minimum atomic E-state index is -0.316. The summed E-state index contributed by atoms with van der Waals surface area (Å²) in [7, 11) is 0. The van der Waals surface area contributed by atoms with Gasteiger partial charge in [0.15, 0.2) is 0 Å². The lowest BCUT2D eigenvalue weighted by Gasteiger charge is -2.07. The molecule has 0 saturated heterocycles. The molecule has 4 rings (SSSR count). The number of amides is 1. The van der Waals surface area contributed by atoms with E-state index in [1.807, 2.05) is 48.7 Å². The molecular formula is C20H16N4O2. The molecule has 2 heterocycles. The second kappa shape index (κ2) is 6.68. The first-order valence-corrected chi connectivity index (χ1v) is 8.20. The van der Waals surface area contributed by atoms with Gasteiger partial charge in [0.2, 0.25) is 0 Å². The van der Waals surface area contributed by atoms with Crippen molar-refractivity contribution in [2.24, 2.45) is 0 Å². The van der Waals surface area contributed by atoms with Crippen LogP contribution in [0.2, 0.25) is 0 Å². The minimum Gasteiger partial charge on any atom is -0.347 e. The summed E-state index contributed by atoms with van der Waals surface area (Å²) in [5.41, 5.74) is 1.89. The summed E-state index contributed by atoms with van der Waals surface area (Å²) in [4.78, 5) is 27.1. The van der Waals surface area contributed by atoms with Crippen LogP contribution in [0.5, 0.6) is 0 Å². The number of H-pyrrole nitrogens is 1. The van der Waals surface area contributed by atoms with Crippen LogP contribution in [-0.2, 0) is 6.54 Å². The molecule has 0 spiro atoms. The number of carbonyl (C=O) groups excluding carboxylic acids is 1. The summed E-state index contributed by atoms with van der Waals surface area (Å²) >= 11 is 0. The maximum atomic E-state index is 12.4. The van der Waals surface area contributed by atoms with Crippen LogP contribution in [0.1, 0.15) is 16.1 Å². The van der Waals surface area contributed by atoms with Gasteiger partial charge in [-0.2, -0.15) is 5.10 Å². The largest absolute Gasteiger partial charge is 0.347 e. The fourth-order valence-corrected chi connectivity index (χ4v) is 2.80. The van der Waals surface area contributed by atoms with Crippen molar-refractivity contribution in [2.45, 2.75) is 6.54 Å². The molecule has 6 nitrogen and oxygen atoms in total. The van der Waals surface area contributed by atoms with E-state index >= 15 is 0 Å². The maximum Gasteiger partial charge on any atom is 0.268 e. The number of nitrogens with zero attached hydrogens (tertiary/aromatic N) is 2. The van der Waals surface area contributed by atoms with Crippen LogP contribution >= 0.6 is 0 Å². The number of aromatic nitrogens is 3. The maximum absolute atomic E-state index is 12.4. The van der Waals surface area contributed by atoms with Crippen LogP contribution in [0.25, 0.3) is 16.5 Å². The fourth-order valence-electron chi connectivity index (χ4n) is 2.80. The van der Waals surface area contributed by atoms with Gasteiger partial charge in [-0.15, -0.1) is 0 Å². The average Bonchev–Trinajstić information content (AvgIpc) is 3.21. The number of benzene rings is 2. The number of rotatable bonds is 4. The van der Waals surface area contributed by atoms with Crippen molar-refractivity contribution in [3.63, 3.8) is 0 Å². The van der Waals surface area contributed by atoms with Crippen molar-refractivity contribution in [1.29, 1.82) is 0 Å². The number of nitrogens with one attached hydrogen (secondary N) is 2. The monoisotopic (exact) mass is 344 g/mol. The first-order valence-electron chi connectivity index (χ1n) is 8.20. The number of fused-ring (bicyclic) bond motifs is 1. The van der Waals surface area contributed by atoms with Crippen LogP contribution in [0.3, 0.4) is 0 Å². The highest BCUT2D eigenvalue weighted by Gasteiger charge is 2.09. The number of aromatic amines is 1. The lowest BCUT2D eigenvalue weighted by molar-refractivity contribution is 0.0946. The van der Waals surface area contributed by atoms with Gasteiger partial charge in [-0.05, 0) is 41.3 Å². The van der Waals surface area contributed by atoms with Crippen molar-refractivity contribution in [2.75, 3.05) is 0 Å². The topological polar surface area (TPSA) is 79.8 Å². The van der Waals surface area contributed by atoms with E-state index < -0.39 is 0 Å². The van der Waals surface area contributed by atoms with E-state index in [1.54, 1.807) is 29.1 Å². The normalized spacial score (nSPS) is 10.8. The van der Waals surface area contributed by atoms with E-state index in [4.69, 9.17) is 0 Å². The zero-order chi connectivity index (χ0) is 17.9. The van der Waals surface area contributed by atoms with Crippen LogP contribution in [0.15, 0.2) is 77.9 Å². The molecule has 0 radical (unpaired) electrons. The van der Waals surface area contributed by atoms with Crippen molar-refractivity contribution < 1.29 is 4.79 Å². The highest BCUT2D eigenvalue weighted by Crippen LogP contribution is 2.11. The highest BCUT2D eigenvalue weighted by atomic mass is 16.2. The van der Waals surface area contributed by atoms with Gasteiger partial charge in [-0.3, -0.25) is 9.59 Å². The number of hydrogen-bond donors (Lipinski definition) is 2. The molecule has 0 unspecified atom stereocenters. The van der Waals surface area contributed by atoms with Crippen molar-refractivity contribution in [3.05, 3.63) is 94.7 Å². The van der Waals surface area contributed by atoms with E-state index in [1.165, 1.54) is 0 Å². The number of pyridine rings is 1. The van der Waals surface area contributed by atoms with Gasteiger partial charge in [0.1, 0.15) is 5.69 Å². The van der Waals surface area contributed by atoms with E-state index in [-0.39, 0.29) is 17.2 Å². The van der Waals surface area contributed by atoms with Crippen molar-refractivity contribution in [3.8, 4) is 5.69 Å². The first kappa shape index (κ1) is 15.8. The third-order valence-electron chi connectivity index (χ3n) is 4.16. The Morgan fingerprint density at radius 3 is 2.65 bits per heavy atom. The molecule has 0 bridgehead atoms. The zero-order valence-corrected chi connectivity index (χ0v) is 13.8. The Morgan fingerprint density at radius 1 is 1.08 bits per heavy atom. The van der Waals surface area contributed by atoms with E-state index in [2.05, 4.69) is 15.4 Å². The van der Waals surface area contributed by atoms with Gasteiger partial charge in [0, 0.05) is 24.3 Å². The Morgan fingerprint density at radius 2 is 1.88 bits per heavy atom. The summed E-state index contributed by atoms with van der Waals surface area (Å²) in [6.07, 6.45) is 3.59. The van der Waals surface area contributed by atoms with Crippen molar-refractivity contribution >= 4 is 16.7 Å². The molecule has 0 saturated carbocycles. The SMILES string of the molecule is O=C(NCc1ccc(-n2cccn2)cc1)c1cc2ccccc2c(=O)[nH]1. The lowest BCUT2D eigenvalue weighted by atomic mass is 10.1. The quantitative estimate of drug-likeness (QED) is 0.597. The number of carbonyl (C=O) groups is 1. The highest BCUT2D eigenvalue weighted by molar-refractivity contribution is 5.96. The van der Waals surface area contributed by atoms with Gasteiger partial charge in [0.25, 0.3) is 11.5 Å². The molecule has 6 heteroatoms. The Balaban J connectivity index is 1.48. The Bertz CT molecular complexity index is 1110. The minimum absolute atomic E-state index is 0.252. The second-order valence-electron chi connectivity index (χ2n) is 5.90. The third kappa shape index (κ3) is 3.12. The summed E-state index contributed by atoms with van der Waals surface area (Å²) in [5, 5.41) is 8.31.